The number of ether oxygens (including phenoxy) is 1. The van der Waals surface area contributed by atoms with Crippen LogP contribution in [-0.2, 0) is 9.59 Å². The lowest BCUT2D eigenvalue weighted by Crippen LogP contribution is -2.49. The minimum absolute atomic E-state index is 0.00237. The highest BCUT2D eigenvalue weighted by atomic mass is 35.5. The number of rotatable bonds is 6. The molecule has 1 aromatic carbocycles. The highest BCUT2D eigenvalue weighted by Gasteiger charge is 2.30. The first-order valence-electron chi connectivity index (χ1n) is 9.68. The molecule has 0 bridgehead atoms. The molecule has 1 aromatic rings. The van der Waals surface area contributed by atoms with Crippen molar-refractivity contribution in [2.75, 3.05) is 12.4 Å². The van der Waals surface area contributed by atoms with E-state index in [9.17, 15) is 9.59 Å². The molecule has 1 aliphatic rings. The van der Waals surface area contributed by atoms with E-state index in [4.69, 9.17) is 16.3 Å². The number of carbonyl (C=O) groups excluding carboxylic acids is 2. The van der Waals surface area contributed by atoms with Crippen LogP contribution in [0.1, 0.15) is 52.0 Å². The van der Waals surface area contributed by atoms with Gasteiger partial charge in [-0.25, -0.2) is 0 Å². The fraction of sp³-hybridized carbons (Fsp3) is 0.619. The fourth-order valence-electron chi connectivity index (χ4n) is 3.47. The van der Waals surface area contributed by atoms with Gasteiger partial charge in [0.05, 0.1) is 12.8 Å². The molecule has 0 heterocycles. The van der Waals surface area contributed by atoms with Crippen LogP contribution >= 0.6 is 11.6 Å². The standard InChI is InChI=1S/C21H31ClN2O3/c1-12(2)19(24-20(25)15-8-6-13(3)7-9-15)21(26)23-17-10-14(4)16(22)11-18(17)27-5/h10-13,15,19H,6-9H2,1-5H3,(H,23,26)(H,24,25). The molecular weight excluding hydrogens is 364 g/mol. The number of halogens is 1. The Balaban J connectivity index is 2.09. The monoisotopic (exact) mass is 394 g/mol. The second-order valence-electron chi connectivity index (χ2n) is 7.98. The van der Waals surface area contributed by atoms with Crippen LogP contribution in [-0.4, -0.2) is 25.0 Å². The Morgan fingerprint density at radius 1 is 1.19 bits per heavy atom. The molecule has 1 atom stereocenters. The van der Waals surface area contributed by atoms with Crippen LogP contribution in [0.25, 0.3) is 0 Å². The molecule has 0 radical (unpaired) electrons. The summed E-state index contributed by atoms with van der Waals surface area (Å²) in [6.07, 6.45) is 3.92. The summed E-state index contributed by atoms with van der Waals surface area (Å²) in [5.41, 5.74) is 1.39. The van der Waals surface area contributed by atoms with Crippen molar-refractivity contribution in [1.82, 2.24) is 5.32 Å². The molecule has 150 valence electrons. The molecule has 1 saturated carbocycles. The minimum atomic E-state index is -0.599. The molecule has 0 spiro atoms. The van der Waals surface area contributed by atoms with Gasteiger partial charge >= 0.3 is 0 Å². The normalized spacial score (nSPS) is 20.9. The van der Waals surface area contributed by atoms with E-state index < -0.39 is 6.04 Å². The van der Waals surface area contributed by atoms with Gasteiger partial charge in [-0.15, -0.1) is 0 Å². The number of hydrogen-bond donors (Lipinski definition) is 2. The quantitative estimate of drug-likeness (QED) is 0.743. The summed E-state index contributed by atoms with van der Waals surface area (Å²) in [6.45, 7) is 7.94. The van der Waals surface area contributed by atoms with E-state index in [1.807, 2.05) is 20.8 Å². The lowest BCUT2D eigenvalue weighted by Gasteiger charge is -2.28. The molecule has 1 fully saturated rings. The molecule has 6 heteroatoms. The van der Waals surface area contributed by atoms with Crippen molar-refractivity contribution >= 4 is 29.1 Å². The van der Waals surface area contributed by atoms with Crippen molar-refractivity contribution in [2.24, 2.45) is 17.8 Å². The molecule has 27 heavy (non-hydrogen) atoms. The summed E-state index contributed by atoms with van der Waals surface area (Å²) in [4.78, 5) is 25.5. The van der Waals surface area contributed by atoms with Crippen molar-refractivity contribution in [3.63, 3.8) is 0 Å². The fourth-order valence-corrected chi connectivity index (χ4v) is 3.62. The number of hydrogen-bond acceptors (Lipinski definition) is 3. The maximum absolute atomic E-state index is 12.9. The molecule has 0 saturated heterocycles. The number of anilines is 1. The van der Waals surface area contributed by atoms with Crippen LogP contribution in [0.2, 0.25) is 5.02 Å². The first kappa shape index (κ1) is 21.5. The van der Waals surface area contributed by atoms with E-state index in [2.05, 4.69) is 17.6 Å². The Bertz CT molecular complexity index is 682. The summed E-state index contributed by atoms with van der Waals surface area (Å²) >= 11 is 6.13. The predicted molar refractivity (Wildman–Crippen MR) is 109 cm³/mol. The van der Waals surface area contributed by atoms with Gasteiger partial charge in [0.1, 0.15) is 11.8 Å². The zero-order valence-corrected chi connectivity index (χ0v) is 17.7. The third kappa shape index (κ3) is 5.61. The van der Waals surface area contributed by atoms with Gasteiger partial charge in [-0.2, -0.15) is 0 Å². The first-order valence-corrected chi connectivity index (χ1v) is 10.1. The van der Waals surface area contributed by atoms with E-state index in [1.54, 1.807) is 12.1 Å². The third-order valence-corrected chi connectivity index (χ3v) is 5.78. The molecule has 0 aliphatic heterocycles. The average Bonchev–Trinajstić information content (AvgIpc) is 2.62. The van der Waals surface area contributed by atoms with Gasteiger partial charge in [0.2, 0.25) is 11.8 Å². The maximum Gasteiger partial charge on any atom is 0.247 e. The van der Waals surface area contributed by atoms with Crippen LogP contribution in [0.4, 0.5) is 5.69 Å². The average molecular weight is 395 g/mol. The molecule has 2 N–H and O–H groups in total. The van der Waals surface area contributed by atoms with Gasteiger partial charge in [-0.05, 0) is 56.1 Å². The highest BCUT2D eigenvalue weighted by Crippen LogP contribution is 2.31. The summed E-state index contributed by atoms with van der Waals surface area (Å²) in [6, 6.07) is 2.86. The Morgan fingerprint density at radius 3 is 2.37 bits per heavy atom. The zero-order chi connectivity index (χ0) is 20.1. The van der Waals surface area contributed by atoms with E-state index in [0.717, 1.165) is 31.2 Å². The van der Waals surface area contributed by atoms with E-state index in [1.165, 1.54) is 7.11 Å². The Hall–Kier alpha value is -1.75. The van der Waals surface area contributed by atoms with Crippen LogP contribution in [0.3, 0.4) is 0 Å². The lowest BCUT2D eigenvalue weighted by atomic mass is 9.82. The molecule has 0 aromatic heterocycles. The van der Waals surface area contributed by atoms with Crippen molar-refractivity contribution in [1.29, 1.82) is 0 Å². The maximum atomic E-state index is 12.9. The molecule has 1 unspecified atom stereocenters. The molecule has 5 nitrogen and oxygen atoms in total. The van der Waals surface area contributed by atoms with Crippen LogP contribution in [0.15, 0.2) is 12.1 Å². The summed E-state index contributed by atoms with van der Waals surface area (Å²) < 4.78 is 5.32. The van der Waals surface area contributed by atoms with Gasteiger partial charge in [0.15, 0.2) is 0 Å². The van der Waals surface area contributed by atoms with E-state index >= 15 is 0 Å². The Labute approximate surface area is 167 Å². The number of nitrogens with one attached hydrogen (secondary N) is 2. The first-order chi connectivity index (χ1) is 12.7. The second-order valence-corrected chi connectivity index (χ2v) is 8.39. The molecule has 2 amide bonds. The predicted octanol–water partition coefficient (Wildman–Crippen LogP) is 4.56. The number of aryl methyl sites for hydroxylation is 1. The number of carbonyl (C=O) groups is 2. The van der Waals surface area contributed by atoms with E-state index in [-0.39, 0.29) is 23.7 Å². The highest BCUT2D eigenvalue weighted by molar-refractivity contribution is 6.31. The Morgan fingerprint density at radius 2 is 1.81 bits per heavy atom. The van der Waals surface area contributed by atoms with Crippen molar-refractivity contribution in [3.05, 3.63) is 22.7 Å². The minimum Gasteiger partial charge on any atom is -0.495 e. The van der Waals surface area contributed by atoms with Gasteiger partial charge in [-0.1, -0.05) is 32.4 Å². The zero-order valence-electron chi connectivity index (χ0n) is 16.9. The number of methoxy groups -OCH3 is 1. The van der Waals surface area contributed by atoms with Crippen LogP contribution in [0, 0.1) is 24.7 Å². The summed E-state index contributed by atoms with van der Waals surface area (Å²) in [7, 11) is 1.53. The van der Waals surface area contributed by atoms with Gasteiger partial charge in [0, 0.05) is 17.0 Å². The summed E-state index contributed by atoms with van der Waals surface area (Å²) in [5, 5.41) is 6.43. The van der Waals surface area contributed by atoms with Crippen molar-refractivity contribution in [3.8, 4) is 5.75 Å². The van der Waals surface area contributed by atoms with Crippen LogP contribution < -0.4 is 15.4 Å². The third-order valence-electron chi connectivity index (χ3n) is 5.37. The van der Waals surface area contributed by atoms with Gasteiger partial charge in [-0.3, -0.25) is 9.59 Å². The molecule has 1 aliphatic carbocycles. The van der Waals surface area contributed by atoms with Crippen LogP contribution in [0.5, 0.6) is 5.75 Å². The molecular formula is C21H31ClN2O3. The summed E-state index contributed by atoms with van der Waals surface area (Å²) in [5.74, 6) is 0.879. The largest absolute Gasteiger partial charge is 0.495 e. The molecule has 2 rings (SSSR count). The SMILES string of the molecule is COc1cc(Cl)c(C)cc1NC(=O)C(NC(=O)C1CCC(C)CC1)C(C)C. The Kier molecular flexibility index (Phi) is 7.54. The van der Waals surface area contributed by atoms with Gasteiger partial charge in [0.25, 0.3) is 0 Å². The van der Waals surface area contributed by atoms with Crippen molar-refractivity contribution in [2.45, 2.75) is 59.4 Å². The number of benzene rings is 1. The van der Waals surface area contributed by atoms with Gasteiger partial charge < -0.3 is 15.4 Å². The van der Waals surface area contributed by atoms with Crippen molar-refractivity contribution < 1.29 is 14.3 Å². The number of amides is 2. The smallest absolute Gasteiger partial charge is 0.247 e. The van der Waals surface area contributed by atoms with E-state index in [0.29, 0.717) is 22.4 Å². The topological polar surface area (TPSA) is 67.4 Å². The lowest BCUT2D eigenvalue weighted by molar-refractivity contribution is -0.131. The second kappa shape index (κ2) is 9.45.